The first-order chi connectivity index (χ1) is 8.27. The molecule has 1 aromatic rings. The third kappa shape index (κ3) is 2.67. The normalized spacial score (nSPS) is 16.6. The zero-order chi connectivity index (χ0) is 12.3. The molecule has 92 valence electrons. The van der Waals surface area contributed by atoms with Crippen molar-refractivity contribution in [3.05, 3.63) is 35.9 Å². The number of nitrogens with zero attached hydrogens (tertiary/aromatic N) is 1. The molecule has 1 atom stereocenters. The molecule has 1 amide bonds. The lowest BCUT2D eigenvalue weighted by Gasteiger charge is -2.31. The summed E-state index contributed by atoms with van der Waals surface area (Å²) >= 11 is 0. The minimum Gasteiger partial charge on any atom is -0.332 e. The van der Waals surface area contributed by atoms with E-state index >= 15 is 0 Å². The molecule has 1 fully saturated rings. The van der Waals surface area contributed by atoms with E-state index in [0.29, 0.717) is 6.04 Å². The molecule has 3 heteroatoms. The van der Waals surface area contributed by atoms with E-state index in [-0.39, 0.29) is 18.5 Å². The maximum absolute atomic E-state index is 12.0. The number of rotatable bonds is 5. The van der Waals surface area contributed by atoms with Crippen LogP contribution in [-0.2, 0) is 4.79 Å². The molecule has 0 radical (unpaired) electrons. The smallest absolute Gasteiger partial charge is 0.237 e. The molecule has 0 aromatic heterocycles. The maximum Gasteiger partial charge on any atom is 0.237 e. The summed E-state index contributed by atoms with van der Waals surface area (Å²) in [7, 11) is 0. The fraction of sp³-hybridized carbons (Fsp3) is 0.500. The number of benzene rings is 1. The van der Waals surface area contributed by atoms with E-state index in [4.69, 9.17) is 5.73 Å². The zero-order valence-corrected chi connectivity index (χ0v) is 10.3. The van der Waals surface area contributed by atoms with E-state index in [0.717, 1.165) is 19.3 Å². The number of amides is 1. The van der Waals surface area contributed by atoms with Gasteiger partial charge in [0.05, 0.1) is 12.6 Å². The van der Waals surface area contributed by atoms with Gasteiger partial charge in [-0.1, -0.05) is 37.3 Å². The molecule has 0 aliphatic heterocycles. The number of nitrogens with two attached hydrogens (primary N) is 1. The van der Waals surface area contributed by atoms with Crippen molar-refractivity contribution >= 4 is 5.91 Å². The molecular formula is C14H20N2O. The fourth-order valence-corrected chi connectivity index (χ4v) is 2.36. The Kier molecular flexibility index (Phi) is 3.79. The maximum atomic E-state index is 12.0. The summed E-state index contributed by atoms with van der Waals surface area (Å²) in [4.78, 5) is 14.0. The van der Waals surface area contributed by atoms with Gasteiger partial charge in [0.25, 0.3) is 0 Å². The Morgan fingerprint density at radius 2 is 2.06 bits per heavy atom. The van der Waals surface area contributed by atoms with Crippen molar-refractivity contribution in [1.29, 1.82) is 0 Å². The first kappa shape index (κ1) is 12.1. The second-order valence-electron chi connectivity index (χ2n) is 4.57. The van der Waals surface area contributed by atoms with Crippen molar-refractivity contribution in [2.24, 2.45) is 5.73 Å². The van der Waals surface area contributed by atoms with E-state index in [9.17, 15) is 4.79 Å². The van der Waals surface area contributed by atoms with Gasteiger partial charge in [0, 0.05) is 6.04 Å². The average molecular weight is 232 g/mol. The Balaban J connectivity index is 2.23. The van der Waals surface area contributed by atoms with Gasteiger partial charge < -0.3 is 10.6 Å². The molecular weight excluding hydrogens is 212 g/mol. The predicted molar refractivity (Wildman–Crippen MR) is 68.4 cm³/mol. The average Bonchev–Trinajstić information content (AvgIpc) is 3.20. The van der Waals surface area contributed by atoms with Crippen molar-refractivity contribution in [2.75, 3.05) is 6.54 Å². The fourth-order valence-electron chi connectivity index (χ4n) is 2.36. The van der Waals surface area contributed by atoms with Gasteiger partial charge in [-0.25, -0.2) is 0 Å². The summed E-state index contributed by atoms with van der Waals surface area (Å²) in [5.74, 6) is 0.0724. The third-order valence-corrected chi connectivity index (χ3v) is 3.31. The van der Waals surface area contributed by atoms with Crippen molar-refractivity contribution in [1.82, 2.24) is 4.90 Å². The Hall–Kier alpha value is -1.35. The quantitative estimate of drug-likeness (QED) is 0.845. The molecule has 1 unspecified atom stereocenters. The van der Waals surface area contributed by atoms with Gasteiger partial charge in [0.1, 0.15) is 0 Å². The van der Waals surface area contributed by atoms with Crippen LogP contribution in [-0.4, -0.2) is 23.4 Å². The first-order valence-electron chi connectivity index (χ1n) is 6.34. The topological polar surface area (TPSA) is 46.3 Å². The molecule has 2 N–H and O–H groups in total. The van der Waals surface area contributed by atoms with E-state index in [2.05, 4.69) is 19.1 Å². The van der Waals surface area contributed by atoms with Gasteiger partial charge >= 0.3 is 0 Å². The number of hydrogen-bond donors (Lipinski definition) is 1. The molecule has 0 bridgehead atoms. The molecule has 0 spiro atoms. The molecule has 1 aromatic carbocycles. The zero-order valence-electron chi connectivity index (χ0n) is 10.3. The van der Waals surface area contributed by atoms with Crippen LogP contribution < -0.4 is 5.73 Å². The van der Waals surface area contributed by atoms with E-state index in [1.165, 1.54) is 5.56 Å². The highest BCUT2D eigenvalue weighted by Crippen LogP contribution is 2.35. The third-order valence-electron chi connectivity index (χ3n) is 3.31. The number of carbonyl (C=O) groups is 1. The molecule has 0 heterocycles. The summed E-state index contributed by atoms with van der Waals surface area (Å²) in [6.45, 7) is 2.23. The molecule has 1 aliphatic carbocycles. The van der Waals surface area contributed by atoms with Crippen LogP contribution in [0.5, 0.6) is 0 Å². The minimum absolute atomic E-state index is 0.0724. The van der Waals surface area contributed by atoms with Crippen LogP contribution in [0.3, 0.4) is 0 Å². The van der Waals surface area contributed by atoms with Crippen LogP contribution in [0.25, 0.3) is 0 Å². The summed E-state index contributed by atoms with van der Waals surface area (Å²) in [6.07, 6.45) is 3.18. The Morgan fingerprint density at radius 3 is 2.53 bits per heavy atom. The van der Waals surface area contributed by atoms with Gasteiger partial charge in [-0.3, -0.25) is 4.79 Å². The Bertz CT molecular complexity index is 373. The van der Waals surface area contributed by atoms with Crippen molar-refractivity contribution in [3.8, 4) is 0 Å². The van der Waals surface area contributed by atoms with Crippen LogP contribution in [0.2, 0.25) is 0 Å². The standard InChI is InChI=1S/C14H20N2O/c1-2-13(11-6-4-3-5-7-11)16(12-8-9-12)14(17)10-15/h3-7,12-13H,2,8-10,15H2,1H3. The first-order valence-corrected chi connectivity index (χ1v) is 6.34. The van der Waals surface area contributed by atoms with Gasteiger partial charge in [0.2, 0.25) is 5.91 Å². The van der Waals surface area contributed by atoms with E-state index in [1.54, 1.807) is 0 Å². The summed E-state index contributed by atoms with van der Waals surface area (Å²) < 4.78 is 0. The SMILES string of the molecule is CCC(c1ccccc1)N(C(=O)CN)C1CC1. The Labute approximate surface area is 103 Å². The van der Waals surface area contributed by atoms with Gasteiger partial charge in [0.15, 0.2) is 0 Å². The van der Waals surface area contributed by atoms with Crippen LogP contribution in [0, 0.1) is 0 Å². The largest absolute Gasteiger partial charge is 0.332 e. The second kappa shape index (κ2) is 5.32. The van der Waals surface area contributed by atoms with Crippen LogP contribution in [0.4, 0.5) is 0 Å². The highest BCUT2D eigenvalue weighted by atomic mass is 16.2. The molecule has 17 heavy (non-hydrogen) atoms. The summed E-state index contributed by atoms with van der Waals surface area (Å²) in [6, 6.07) is 10.8. The number of hydrogen-bond acceptors (Lipinski definition) is 2. The van der Waals surface area contributed by atoms with Gasteiger partial charge in [-0.05, 0) is 24.8 Å². The monoisotopic (exact) mass is 232 g/mol. The molecule has 1 aliphatic rings. The lowest BCUT2D eigenvalue weighted by atomic mass is 10.0. The number of carbonyl (C=O) groups excluding carboxylic acids is 1. The lowest BCUT2D eigenvalue weighted by Crippen LogP contribution is -2.40. The molecule has 2 rings (SSSR count). The predicted octanol–water partition coefficient (Wildman–Crippen LogP) is 2.09. The van der Waals surface area contributed by atoms with Crippen molar-refractivity contribution in [2.45, 2.75) is 38.3 Å². The minimum atomic E-state index is 0.0724. The van der Waals surface area contributed by atoms with Gasteiger partial charge in [-0.15, -0.1) is 0 Å². The molecule has 0 saturated heterocycles. The highest BCUT2D eigenvalue weighted by molar-refractivity contribution is 5.79. The lowest BCUT2D eigenvalue weighted by molar-refractivity contribution is -0.133. The Morgan fingerprint density at radius 1 is 1.41 bits per heavy atom. The summed E-state index contributed by atoms with van der Waals surface area (Å²) in [5.41, 5.74) is 6.73. The van der Waals surface area contributed by atoms with E-state index < -0.39 is 0 Å². The van der Waals surface area contributed by atoms with Gasteiger partial charge in [-0.2, -0.15) is 0 Å². The highest BCUT2D eigenvalue weighted by Gasteiger charge is 2.36. The molecule has 1 saturated carbocycles. The van der Waals surface area contributed by atoms with Crippen LogP contribution in [0.15, 0.2) is 30.3 Å². The van der Waals surface area contributed by atoms with Crippen LogP contribution >= 0.6 is 0 Å². The second-order valence-corrected chi connectivity index (χ2v) is 4.57. The van der Waals surface area contributed by atoms with Crippen LogP contribution in [0.1, 0.15) is 37.8 Å². The van der Waals surface area contributed by atoms with Crippen molar-refractivity contribution < 1.29 is 4.79 Å². The van der Waals surface area contributed by atoms with Crippen molar-refractivity contribution in [3.63, 3.8) is 0 Å². The van der Waals surface area contributed by atoms with E-state index in [1.807, 2.05) is 23.1 Å². The molecule has 3 nitrogen and oxygen atoms in total. The summed E-state index contributed by atoms with van der Waals surface area (Å²) in [5, 5.41) is 0.